The molecule has 0 atom stereocenters. The van der Waals surface area contributed by atoms with Gasteiger partial charge in [-0.05, 0) is 37.4 Å². The predicted molar refractivity (Wildman–Crippen MR) is 104 cm³/mol. The van der Waals surface area contributed by atoms with Crippen molar-refractivity contribution in [2.75, 3.05) is 26.0 Å². The summed E-state index contributed by atoms with van der Waals surface area (Å²) in [4.78, 5) is 18.9. The summed E-state index contributed by atoms with van der Waals surface area (Å²) in [6.07, 6.45) is 0. The first kappa shape index (κ1) is 18.2. The molecule has 136 valence electrons. The van der Waals surface area contributed by atoms with E-state index in [0.29, 0.717) is 23.0 Å². The van der Waals surface area contributed by atoms with Crippen molar-refractivity contribution in [3.63, 3.8) is 0 Å². The Morgan fingerprint density at radius 1 is 1.31 bits per heavy atom. The number of nitrogens with one attached hydrogen (secondary N) is 1. The zero-order valence-electron chi connectivity index (χ0n) is 15.0. The highest BCUT2D eigenvalue weighted by molar-refractivity contribution is 6.31. The summed E-state index contributed by atoms with van der Waals surface area (Å²) in [7, 11) is 5.42. The van der Waals surface area contributed by atoms with Crippen LogP contribution in [0.2, 0.25) is 5.02 Å². The van der Waals surface area contributed by atoms with Crippen molar-refractivity contribution in [3.8, 4) is 5.75 Å². The standard InChI is InChI=1S/C19H21ClN4O2/c1-23(11-18-21-14-6-4-5-7-16(14)24(18)2)12-19(25)22-15-10-13(20)8-9-17(15)26-3/h4-10H,11-12H2,1-3H3,(H,22,25). The number of carbonyl (C=O) groups excluding carboxylic acids is 1. The van der Waals surface area contributed by atoms with Crippen LogP contribution >= 0.6 is 11.6 Å². The predicted octanol–water partition coefficient (Wildman–Crippen LogP) is 3.31. The number of hydrogen-bond donors (Lipinski definition) is 1. The SMILES string of the molecule is COc1ccc(Cl)cc1NC(=O)CN(C)Cc1nc2ccccc2n1C. The molecule has 6 nitrogen and oxygen atoms in total. The third-order valence-electron chi connectivity index (χ3n) is 4.14. The quantitative estimate of drug-likeness (QED) is 0.721. The average molecular weight is 373 g/mol. The number of methoxy groups -OCH3 is 1. The topological polar surface area (TPSA) is 59.4 Å². The molecule has 26 heavy (non-hydrogen) atoms. The van der Waals surface area contributed by atoms with Gasteiger partial charge in [-0.25, -0.2) is 4.98 Å². The van der Waals surface area contributed by atoms with Gasteiger partial charge in [0.15, 0.2) is 0 Å². The first-order valence-electron chi connectivity index (χ1n) is 8.20. The number of para-hydroxylation sites is 2. The monoisotopic (exact) mass is 372 g/mol. The van der Waals surface area contributed by atoms with Gasteiger partial charge in [0.2, 0.25) is 5.91 Å². The number of aromatic nitrogens is 2. The van der Waals surface area contributed by atoms with Crippen LogP contribution in [0.25, 0.3) is 11.0 Å². The number of nitrogens with zero attached hydrogens (tertiary/aromatic N) is 3. The molecule has 1 heterocycles. The van der Waals surface area contributed by atoms with Crippen molar-refractivity contribution in [2.45, 2.75) is 6.54 Å². The van der Waals surface area contributed by atoms with E-state index in [1.165, 1.54) is 0 Å². The van der Waals surface area contributed by atoms with Gasteiger partial charge < -0.3 is 14.6 Å². The molecule has 0 spiro atoms. The minimum absolute atomic E-state index is 0.146. The van der Waals surface area contributed by atoms with Gasteiger partial charge in [0, 0.05) is 12.1 Å². The Balaban J connectivity index is 1.66. The van der Waals surface area contributed by atoms with Gasteiger partial charge in [0.05, 0.1) is 36.9 Å². The van der Waals surface area contributed by atoms with Gasteiger partial charge in [0.1, 0.15) is 11.6 Å². The van der Waals surface area contributed by atoms with Crippen LogP contribution in [0.5, 0.6) is 5.75 Å². The van der Waals surface area contributed by atoms with Gasteiger partial charge in [0.25, 0.3) is 0 Å². The van der Waals surface area contributed by atoms with Gasteiger partial charge in [-0.2, -0.15) is 0 Å². The van der Waals surface area contributed by atoms with Crippen molar-refractivity contribution in [2.24, 2.45) is 7.05 Å². The molecule has 3 rings (SSSR count). The van der Waals surface area contributed by atoms with E-state index in [4.69, 9.17) is 16.3 Å². The fourth-order valence-electron chi connectivity index (χ4n) is 2.85. The number of amides is 1. The molecule has 1 N–H and O–H groups in total. The summed E-state index contributed by atoms with van der Waals surface area (Å²) in [5.74, 6) is 1.33. The second-order valence-electron chi connectivity index (χ2n) is 6.14. The molecule has 0 bridgehead atoms. The molecule has 1 aromatic heterocycles. The van der Waals surface area contributed by atoms with Crippen LogP contribution < -0.4 is 10.1 Å². The van der Waals surface area contributed by atoms with Gasteiger partial charge in [-0.15, -0.1) is 0 Å². The van der Waals surface area contributed by atoms with Crippen molar-refractivity contribution in [1.82, 2.24) is 14.5 Å². The van der Waals surface area contributed by atoms with Crippen molar-refractivity contribution in [3.05, 3.63) is 53.3 Å². The molecular weight excluding hydrogens is 352 g/mol. The summed E-state index contributed by atoms with van der Waals surface area (Å²) in [5, 5.41) is 3.38. The molecule has 7 heteroatoms. The second kappa shape index (κ2) is 7.76. The maximum atomic E-state index is 12.4. The first-order valence-corrected chi connectivity index (χ1v) is 8.58. The second-order valence-corrected chi connectivity index (χ2v) is 6.58. The fourth-order valence-corrected chi connectivity index (χ4v) is 3.02. The summed E-state index contributed by atoms with van der Waals surface area (Å²) < 4.78 is 7.30. The van der Waals surface area contributed by atoms with Crippen LogP contribution in [0, 0.1) is 0 Å². The van der Waals surface area contributed by atoms with E-state index >= 15 is 0 Å². The molecule has 1 amide bonds. The van der Waals surface area contributed by atoms with Gasteiger partial charge in [-0.3, -0.25) is 9.69 Å². The molecule has 0 fully saturated rings. The highest BCUT2D eigenvalue weighted by Crippen LogP contribution is 2.27. The van der Waals surface area contributed by atoms with Crippen molar-refractivity contribution >= 4 is 34.2 Å². The van der Waals surface area contributed by atoms with E-state index in [2.05, 4.69) is 10.3 Å². The third kappa shape index (κ3) is 3.98. The number of benzene rings is 2. The molecule has 0 aliphatic rings. The lowest BCUT2D eigenvalue weighted by Gasteiger charge is -2.17. The number of fused-ring (bicyclic) bond motifs is 1. The number of rotatable bonds is 6. The number of imidazole rings is 1. The minimum atomic E-state index is -0.146. The lowest BCUT2D eigenvalue weighted by atomic mass is 10.3. The van der Waals surface area contributed by atoms with Crippen LogP contribution in [-0.4, -0.2) is 41.1 Å². The maximum absolute atomic E-state index is 12.4. The highest BCUT2D eigenvalue weighted by atomic mass is 35.5. The average Bonchev–Trinajstić information content (AvgIpc) is 2.91. The van der Waals surface area contributed by atoms with E-state index in [0.717, 1.165) is 16.9 Å². The molecule has 3 aromatic rings. The number of ether oxygens (including phenoxy) is 1. The maximum Gasteiger partial charge on any atom is 0.238 e. The van der Waals surface area contributed by atoms with Crippen LogP contribution in [0.15, 0.2) is 42.5 Å². The Hall–Kier alpha value is -2.57. The van der Waals surface area contributed by atoms with Gasteiger partial charge in [-0.1, -0.05) is 23.7 Å². The third-order valence-corrected chi connectivity index (χ3v) is 4.38. The number of hydrogen-bond acceptors (Lipinski definition) is 4. The number of anilines is 1. The fraction of sp³-hybridized carbons (Fsp3) is 0.263. The molecular formula is C19H21ClN4O2. The number of carbonyl (C=O) groups is 1. The zero-order chi connectivity index (χ0) is 18.7. The molecule has 0 aliphatic carbocycles. The number of likely N-dealkylation sites (N-methyl/N-ethyl adjacent to an activating group) is 1. The summed E-state index contributed by atoms with van der Waals surface area (Å²) in [5.41, 5.74) is 2.58. The summed E-state index contributed by atoms with van der Waals surface area (Å²) in [6.45, 7) is 0.782. The molecule has 0 unspecified atom stereocenters. The van der Waals surface area contributed by atoms with Crippen LogP contribution in [0.1, 0.15) is 5.82 Å². The largest absolute Gasteiger partial charge is 0.495 e. The molecule has 0 saturated heterocycles. The smallest absolute Gasteiger partial charge is 0.238 e. The Morgan fingerprint density at radius 2 is 2.08 bits per heavy atom. The molecule has 0 radical (unpaired) electrons. The Bertz CT molecular complexity index is 938. The minimum Gasteiger partial charge on any atom is -0.495 e. The Labute approximate surface area is 157 Å². The number of aryl methyl sites for hydroxylation is 1. The molecule has 0 aliphatic heterocycles. The van der Waals surface area contributed by atoms with Gasteiger partial charge >= 0.3 is 0 Å². The van der Waals surface area contributed by atoms with E-state index < -0.39 is 0 Å². The zero-order valence-corrected chi connectivity index (χ0v) is 15.7. The van der Waals surface area contributed by atoms with Crippen molar-refractivity contribution in [1.29, 1.82) is 0 Å². The van der Waals surface area contributed by atoms with Crippen LogP contribution in [0.4, 0.5) is 5.69 Å². The molecule has 2 aromatic carbocycles. The lowest BCUT2D eigenvalue weighted by Crippen LogP contribution is -2.30. The number of halogens is 1. The van der Waals surface area contributed by atoms with E-state index in [9.17, 15) is 4.79 Å². The normalized spacial score (nSPS) is 11.1. The lowest BCUT2D eigenvalue weighted by molar-refractivity contribution is -0.117. The first-order chi connectivity index (χ1) is 12.5. The van der Waals surface area contributed by atoms with Crippen molar-refractivity contribution < 1.29 is 9.53 Å². The Morgan fingerprint density at radius 3 is 2.81 bits per heavy atom. The Kier molecular flexibility index (Phi) is 5.44. The summed E-state index contributed by atoms with van der Waals surface area (Å²) in [6, 6.07) is 13.1. The molecule has 0 saturated carbocycles. The van der Waals surface area contributed by atoms with Crippen LogP contribution in [-0.2, 0) is 18.4 Å². The summed E-state index contributed by atoms with van der Waals surface area (Å²) >= 11 is 6.00. The van der Waals surface area contributed by atoms with E-state index in [-0.39, 0.29) is 12.5 Å². The van der Waals surface area contributed by atoms with E-state index in [1.54, 1.807) is 25.3 Å². The van der Waals surface area contributed by atoms with E-state index in [1.807, 2.05) is 47.8 Å². The highest BCUT2D eigenvalue weighted by Gasteiger charge is 2.14. The van der Waals surface area contributed by atoms with Crippen LogP contribution in [0.3, 0.4) is 0 Å².